The molecule has 0 spiro atoms. The largest absolute Gasteiger partial charge is 0.313 e. The Bertz CT molecular complexity index is 335. The van der Waals surface area contributed by atoms with Gasteiger partial charge in [-0.25, -0.2) is 4.39 Å². The molecule has 17 heavy (non-hydrogen) atoms. The van der Waals surface area contributed by atoms with Gasteiger partial charge in [0.25, 0.3) is 0 Å². The van der Waals surface area contributed by atoms with Crippen LogP contribution in [0.2, 0.25) is 5.02 Å². The summed E-state index contributed by atoms with van der Waals surface area (Å²) in [4.78, 5) is 2.06. The van der Waals surface area contributed by atoms with Gasteiger partial charge in [-0.15, -0.1) is 0 Å². The van der Waals surface area contributed by atoms with E-state index in [4.69, 9.17) is 11.6 Å². The van der Waals surface area contributed by atoms with Crippen molar-refractivity contribution in [3.8, 4) is 0 Å². The number of halogens is 2. The Morgan fingerprint density at radius 1 is 1.41 bits per heavy atom. The second kappa shape index (κ2) is 6.94. The standard InChI is InChI=1S/C13H20ClFN2/c1-10(2)16-7-8-17(3)9-11-12(14)5-4-6-13(11)15/h4-6,10,16H,7-9H2,1-3H3. The first-order valence-electron chi connectivity index (χ1n) is 5.85. The van der Waals surface area contributed by atoms with E-state index < -0.39 is 0 Å². The van der Waals surface area contributed by atoms with Crippen LogP contribution in [0.5, 0.6) is 0 Å². The molecule has 2 nitrogen and oxygen atoms in total. The van der Waals surface area contributed by atoms with Crippen LogP contribution in [0.1, 0.15) is 19.4 Å². The third-order valence-electron chi connectivity index (χ3n) is 2.54. The molecule has 96 valence electrons. The highest BCUT2D eigenvalue weighted by Crippen LogP contribution is 2.19. The van der Waals surface area contributed by atoms with E-state index in [1.165, 1.54) is 6.07 Å². The van der Waals surface area contributed by atoms with Crippen LogP contribution < -0.4 is 5.32 Å². The van der Waals surface area contributed by atoms with Crippen molar-refractivity contribution in [2.45, 2.75) is 26.4 Å². The van der Waals surface area contributed by atoms with E-state index in [-0.39, 0.29) is 5.82 Å². The molecule has 1 aromatic carbocycles. The molecule has 0 saturated heterocycles. The molecule has 0 aliphatic heterocycles. The first-order valence-corrected chi connectivity index (χ1v) is 6.23. The second-order valence-electron chi connectivity index (χ2n) is 4.55. The highest BCUT2D eigenvalue weighted by molar-refractivity contribution is 6.31. The number of nitrogens with zero attached hydrogens (tertiary/aromatic N) is 1. The Balaban J connectivity index is 2.47. The molecular weight excluding hydrogens is 239 g/mol. The van der Waals surface area contributed by atoms with Crippen molar-refractivity contribution >= 4 is 11.6 Å². The van der Waals surface area contributed by atoms with Crippen LogP contribution in [-0.4, -0.2) is 31.1 Å². The third-order valence-corrected chi connectivity index (χ3v) is 2.89. The van der Waals surface area contributed by atoms with E-state index in [1.54, 1.807) is 12.1 Å². The van der Waals surface area contributed by atoms with Gasteiger partial charge >= 0.3 is 0 Å². The topological polar surface area (TPSA) is 15.3 Å². The maximum atomic E-state index is 13.5. The SMILES string of the molecule is CC(C)NCCN(C)Cc1c(F)cccc1Cl. The fourth-order valence-electron chi connectivity index (χ4n) is 1.58. The average molecular weight is 259 g/mol. The summed E-state index contributed by atoms with van der Waals surface area (Å²) in [5.74, 6) is -0.235. The summed E-state index contributed by atoms with van der Waals surface area (Å²) in [7, 11) is 1.96. The first kappa shape index (κ1) is 14.4. The van der Waals surface area contributed by atoms with Gasteiger partial charge in [-0.3, -0.25) is 0 Å². The van der Waals surface area contributed by atoms with Crippen LogP contribution in [-0.2, 0) is 6.54 Å². The molecule has 1 N–H and O–H groups in total. The van der Waals surface area contributed by atoms with Gasteiger partial charge in [0.15, 0.2) is 0 Å². The molecule has 0 radical (unpaired) electrons. The quantitative estimate of drug-likeness (QED) is 0.844. The fraction of sp³-hybridized carbons (Fsp3) is 0.538. The molecule has 0 saturated carbocycles. The summed E-state index contributed by atoms with van der Waals surface area (Å²) in [5, 5.41) is 3.82. The average Bonchev–Trinajstić information content (AvgIpc) is 2.23. The summed E-state index contributed by atoms with van der Waals surface area (Å²) in [6, 6.07) is 5.27. The summed E-state index contributed by atoms with van der Waals surface area (Å²) in [6.07, 6.45) is 0. The van der Waals surface area contributed by atoms with E-state index in [1.807, 2.05) is 7.05 Å². The van der Waals surface area contributed by atoms with Crippen molar-refractivity contribution in [3.63, 3.8) is 0 Å². The van der Waals surface area contributed by atoms with Gasteiger partial charge in [0, 0.05) is 36.3 Å². The molecule has 0 bridgehead atoms. The van der Waals surface area contributed by atoms with Gasteiger partial charge in [0.05, 0.1) is 0 Å². The van der Waals surface area contributed by atoms with E-state index in [0.717, 1.165) is 13.1 Å². The fourth-order valence-corrected chi connectivity index (χ4v) is 1.80. The number of rotatable bonds is 6. The molecule has 1 aromatic rings. The molecule has 0 aromatic heterocycles. The third kappa shape index (κ3) is 5.02. The Kier molecular flexibility index (Phi) is 5.89. The van der Waals surface area contributed by atoms with Gasteiger partial charge < -0.3 is 10.2 Å². The van der Waals surface area contributed by atoms with Crippen molar-refractivity contribution < 1.29 is 4.39 Å². The lowest BCUT2D eigenvalue weighted by molar-refractivity contribution is 0.315. The smallest absolute Gasteiger partial charge is 0.129 e. The first-order chi connectivity index (χ1) is 8.00. The van der Waals surface area contributed by atoms with Crippen LogP contribution in [0.4, 0.5) is 4.39 Å². The van der Waals surface area contributed by atoms with Crippen molar-refractivity contribution in [1.29, 1.82) is 0 Å². The molecule has 0 amide bonds. The van der Waals surface area contributed by atoms with E-state index in [2.05, 4.69) is 24.1 Å². The zero-order valence-corrected chi connectivity index (χ0v) is 11.4. The Morgan fingerprint density at radius 2 is 2.12 bits per heavy atom. The molecule has 0 fully saturated rings. The highest BCUT2D eigenvalue weighted by Gasteiger charge is 2.09. The van der Waals surface area contributed by atoms with E-state index in [9.17, 15) is 4.39 Å². The maximum absolute atomic E-state index is 13.5. The summed E-state index contributed by atoms with van der Waals surface area (Å²) in [6.45, 7) is 6.50. The summed E-state index contributed by atoms with van der Waals surface area (Å²) >= 11 is 5.98. The Labute approximate surface area is 108 Å². The monoisotopic (exact) mass is 258 g/mol. The summed E-state index contributed by atoms with van der Waals surface area (Å²) in [5.41, 5.74) is 0.571. The minimum Gasteiger partial charge on any atom is -0.313 e. The normalized spacial score (nSPS) is 11.5. The van der Waals surface area contributed by atoms with Gasteiger partial charge in [0.2, 0.25) is 0 Å². The van der Waals surface area contributed by atoms with Crippen LogP contribution in [0.15, 0.2) is 18.2 Å². The van der Waals surface area contributed by atoms with Crippen LogP contribution in [0.3, 0.4) is 0 Å². The van der Waals surface area contributed by atoms with Gasteiger partial charge in [-0.2, -0.15) is 0 Å². The molecular formula is C13H20ClFN2. The number of likely N-dealkylation sites (N-methyl/N-ethyl adjacent to an activating group) is 1. The Hall–Kier alpha value is -0.640. The molecule has 0 atom stereocenters. The van der Waals surface area contributed by atoms with Crippen LogP contribution in [0, 0.1) is 5.82 Å². The molecule has 0 unspecified atom stereocenters. The highest BCUT2D eigenvalue weighted by atomic mass is 35.5. The zero-order chi connectivity index (χ0) is 12.8. The number of hydrogen-bond donors (Lipinski definition) is 1. The summed E-state index contributed by atoms with van der Waals surface area (Å²) < 4.78 is 13.5. The lowest BCUT2D eigenvalue weighted by Crippen LogP contribution is -2.32. The molecule has 0 aliphatic carbocycles. The predicted octanol–water partition coefficient (Wildman–Crippen LogP) is 2.91. The number of nitrogens with one attached hydrogen (secondary N) is 1. The molecule has 4 heteroatoms. The second-order valence-corrected chi connectivity index (χ2v) is 4.95. The van der Waals surface area contributed by atoms with Gasteiger partial charge in [-0.05, 0) is 19.2 Å². The van der Waals surface area contributed by atoms with Crippen LogP contribution >= 0.6 is 11.6 Å². The molecule has 0 heterocycles. The lowest BCUT2D eigenvalue weighted by Gasteiger charge is -2.19. The van der Waals surface area contributed by atoms with E-state index >= 15 is 0 Å². The Morgan fingerprint density at radius 3 is 2.71 bits per heavy atom. The molecule has 0 aliphatic rings. The van der Waals surface area contributed by atoms with Gasteiger partial charge in [-0.1, -0.05) is 31.5 Å². The van der Waals surface area contributed by atoms with Crippen LogP contribution in [0.25, 0.3) is 0 Å². The maximum Gasteiger partial charge on any atom is 0.129 e. The van der Waals surface area contributed by atoms with Crippen molar-refractivity contribution in [3.05, 3.63) is 34.6 Å². The lowest BCUT2D eigenvalue weighted by atomic mass is 10.2. The minimum absolute atomic E-state index is 0.235. The van der Waals surface area contributed by atoms with Gasteiger partial charge in [0.1, 0.15) is 5.82 Å². The minimum atomic E-state index is -0.235. The van der Waals surface area contributed by atoms with E-state index in [0.29, 0.717) is 23.2 Å². The van der Waals surface area contributed by atoms with Crippen molar-refractivity contribution in [1.82, 2.24) is 10.2 Å². The van der Waals surface area contributed by atoms with Crippen molar-refractivity contribution in [2.24, 2.45) is 0 Å². The number of benzene rings is 1. The zero-order valence-electron chi connectivity index (χ0n) is 10.6. The number of hydrogen-bond acceptors (Lipinski definition) is 2. The molecule has 1 rings (SSSR count). The predicted molar refractivity (Wildman–Crippen MR) is 70.9 cm³/mol. The van der Waals surface area contributed by atoms with Crippen molar-refractivity contribution in [2.75, 3.05) is 20.1 Å².